The number of hydrogen-bond acceptors (Lipinski definition) is 5. The van der Waals surface area contributed by atoms with Crippen LogP contribution in [0.15, 0.2) is 47.8 Å². The van der Waals surface area contributed by atoms with E-state index in [0.717, 1.165) is 16.3 Å². The molecule has 0 aliphatic heterocycles. The number of non-ortho nitro benzene ring substituents is 1. The van der Waals surface area contributed by atoms with Crippen molar-refractivity contribution in [2.75, 3.05) is 6.54 Å². The molecule has 0 saturated carbocycles. The smallest absolute Gasteiger partial charge is 0.270 e. The molecule has 1 atom stereocenters. The molecular weight excluding hydrogens is 352 g/mol. The fourth-order valence-corrected chi connectivity index (χ4v) is 3.61. The van der Waals surface area contributed by atoms with Crippen LogP contribution in [0.25, 0.3) is 0 Å². The number of rotatable bonds is 6. The van der Waals surface area contributed by atoms with Crippen LogP contribution in [-0.4, -0.2) is 27.2 Å². The van der Waals surface area contributed by atoms with E-state index in [1.165, 1.54) is 18.2 Å². The molecular formula is C18H18N4O3S. The first kappa shape index (κ1) is 17.8. The molecule has 26 heavy (non-hydrogen) atoms. The van der Waals surface area contributed by atoms with E-state index in [4.69, 9.17) is 0 Å². The summed E-state index contributed by atoms with van der Waals surface area (Å²) in [6.45, 7) is 4.24. The van der Waals surface area contributed by atoms with Crippen LogP contribution in [0.4, 0.5) is 5.69 Å². The second kappa shape index (κ2) is 7.49. The van der Waals surface area contributed by atoms with E-state index in [-0.39, 0.29) is 23.2 Å². The standard InChI is InChI=1S/C18H18N4O3S/c1-12-9-13(2)21(20-12)16(17-7-4-8-26-17)11-19-18(23)14-5-3-6-15(10-14)22(24)25/h3-10,16H,11H2,1-2H3,(H,19,23). The summed E-state index contributed by atoms with van der Waals surface area (Å²) in [6, 6.07) is 11.5. The Morgan fingerprint density at radius 2 is 2.12 bits per heavy atom. The molecule has 0 bridgehead atoms. The Morgan fingerprint density at radius 3 is 2.73 bits per heavy atom. The zero-order valence-corrected chi connectivity index (χ0v) is 15.2. The molecule has 2 heterocycles. The molecule has 134 valence electrons. The second-order valence-electron chi connectivity index (χ2n) is 5.92. The highest BCUT2D eigenvalue weighted by Gasteiger charge is 2.20. The quantitative estimate of drug-likeness (QED) is 0.531. The van der Waals surface area contributed by atoms with E-state index in [1.54, 1.807) is 17.4 Å². The predicted octanol–water partition coefficient (Wildman–Crippen LogP) is 3.49. The lowest BCUT2D eigenvalue weighted by Gasteiger charge is -2.19. The number of carbonyl (C=O) groups is 1. The molecule has 0 radical (unpaired) electrons. The number of nitro benzene ring substituents is 1. The van der Waals surface area contributed by atoms with Crippen molar-refractivity contribution in [1.82, 2.24) is 15.1 Å². The highest BCUT2D eigenvalue weighted by Crippen LogP contribution is 2.24. The van der Waals surface area contributed by atoms with Gasteiger partial charge in [0, 0.05) is 34.8 Å². The normalized spacial score (nSPS) is 11.9. The van der Waals surface area contributed by atoms with Crippen LogP contribution in [0.3, 0.4) is 0 Å². The summed E-state index contributed by atoms with van der Waals surface area (Å²) < 4.78 is 1.90. The molecule has 7 nitrogen and oxygen atoms in total. The van der Waals surface area contributed by atoms with Gasteiger partial charge in [-0.1, -0.05) is 12.1 Å². The molecule has 3 aromatic rings. The third kappa shape index (κ3) is 3.80. The van der Waals surface area contributed by atoms with Gasteiger partial charge in [0.1, 0.15) is 6.04 Å². The third-order valence-corrected chi connectivity index (χ3v) is 4.96. The zero-order chi connectivity index (χ0) is 18.7. The Hall–Kier alpha value is -3.00. The lowest BCUT2D eigenvalue weighted by molar-refractivity contribution is -0.384. The molecule has 0 aliphatic carbocycles. The van der Waals surface area contributed by atoms with E-state index in [2.05, 4.69) is 10.4 Å². The van der Waals surface area contributed by atoms with Crippen LogP contribution in [0.2, 0.25) is 0 Å². The van der Waals surface area contributed by atoms with Gasteiger partial charge in [0.15, 0.2) is 0 Å². The van der Waals surface area contributed by atoms with Crippen LogP contribution >= 0.6 is 11.3 Å². The lowest BCUT2D eigenvalue weighted by atomic mass is 10.1. The highest BCUT2D eigenvalue weighted by atomic mass is 32.1. The average Bonchev–Trinajstić information content (AvgIpc) is 3.25. The number of carbonyl (C=O) groups excluding carboxylic acids is 1. The first-order valence-electron chi connectivity index (χ1n) is 8.04. The summed E-state index contributed by atoms with van der Waals surface area (Å²) in [5, 5.41) is 20.3. The minimum Gasteiger partial charge on any atom is -0.350 e. The summed E-state index contributed by atoms with van der Waals surface area (Å²) in [5.41, 5.74) is 2.07. The molecule has 2 aromatic heterocycles. The van der Waals surface area contributed by atoms with Crippen LogP contribution in [0, 0.1) is 24.0 Å². The molecule has 0 spiro atoms. The fraction of sp³-hybridized carbons (Fsp3) is 0.222. The van der Waals surface area contributed by atoms with Crippen molar-refractivity contribution in [3.8, 4) is 0 Å². The van der Waals surface area contributed by atoms with Crippen molar-refractivity contribution in [3.05, 3.63) is 79.8 Å². The zero-order valence-electron chi connectivity index (χ0n) is 14.4. The van der Waals surface area contributed by atoms with Crippen LogP contribution in [0.5, 0.6) is 0 Å². The second-order valence-corrected chi connectivity index (χ2v) is 6.90. The number of aryl methyl sites for hydroxylation is 2. The van der Waals surface area contributed by atoms with Gasteiger partial charge < -0.3 is 5.32 Å². The van der Waals surface area contributed by atoms with Crippen molar-refractivity contribution in [1.29, 1.82) is 0 Å². The van der Waals surface area contributed by atoms with Crippen molar-refractivity contribution in [2.24, 2.45) is 0 Å². The van der Waals surface area contributed by atoms with E-state index in [9.17, 15) is 14.9 Å². The maximum Gasteiger partial charge on any atom is 0.270 e. The Bertz CT molecular complexity index is 934. The summed E-state index contributed by atoms with van der Waals surface area (Å²) in [5.74, 6) is -0.350. The molecule has 0 saturated heterocycles. The predicted molar refractivity (Wildman–Crippen MR) is 99.6 cm³/mol. The Labute approximate surface area is 154 Å². The molecule has 1 unspecified atom stereocenters. The summed E-state index contributed by atoms with van der Waals surface area (Å²) in [4.78, 5) is 23.9. The Kier molecular flexibility index (Phi) is 5.13. The van der Waals surface area contributed by atoms with Gasteiger partial charge in [-0.15, -0.1) is 11.3 Å². The van der Waals surface area contributed by atoms with Gasteiger partial charge in [0.05, 0.1) is 10.6 Å². The molecule has 0 aliphatic rings. The summed E-state index contributed by atoms with van der Waals surface area (Å²) >= 11 is 1.60. The topological polar surface area (TPSA) is 90.1 Å². The number of benzene rings is 1. The van der Waals surface area contributed by atoms with Crippen LogP contribution < -0.4 is 5.32 Å². The average molecular weight is 370 g/mol. The third-order valence-electron chi connectivity index (χ3n) is 3.99. The van der Waals surface area contributed by atoms with Crippen molar-refractivity contribution < 1.29 is 9.72 Å². The molecule has 8 heteroatoms. The van der Waals surface area contributed by atoms with Gasteiger partial charge in [-0.05, 0) is 37.4 Å². The van der Waals surface area contributed by atoms with Gasteiger partial charge in [-0.25, -0.2) is 0 Å². The van der Waals surface area contributed by atoms with E-state index in [0.29, 0.717) is 6.54 Å². The number of nitrogens with one attached hydrogen (secondary N) is 1. The van der Waals surface area contributed by atoms with Crippen molar-refractivity contribution in [3.63, 3.8) is 0 Å². The Balaban J connectivity index is 1.80. The Morgan fingerprint density at radius 1 is 1.31 bits per heavy atom. The number of nitro groups is 1. The number of aromatic nitrogens is 2. The van der Waals surface area contributed by atoms with E-state index in [1.807, 2.05) is 42.1 Å². The molecule has 1 amide bonds. The SMILES string of the molecule is Cc1cc(C)n(C(CNC(=O)c2cccc([N+](=O)[O-])c2)c2cccs2)n1. The van der Waals surface area contributed by atoms with Crippen LogP contribution in [0.1, 0.15) is 32.7 Å². The van der Waals surface area contributed by atoms with E-state index >= 15 is 0 Å². The number of hydrogen-bond donors (Lipinski definition) is 1. The summed E-state index contributed by atoms with van der Waals surface area (Å²) in [6.07, 6.45) is 0. The van der Waals surface area contributed by atoms with Crippen molar-refractivity contribution in [2.45, 2.75) is 19.9 Å². The molecule has 3 rings (SSSR count). The van der Waals surface area contributed by atoms with Gasteiger partial charge >= 0.3 is 0 Å². The van der Waals surface area contributed by atoms with Crippen molar-refractivity contribution >= 4 is 22.9 Å². The minimum atomic E-state index is -0.513. The lowest BCUT2D eigenvalue weighted by Crippen LogP contribution is -2.31. The molecule has 0 fully saturated rings. The maximum atomic E-state index is 12.5. The highest BCUT2D eigenvalue weighted by molar-refractivity contribution is 7.10. The first-order valence-corrected chi connectivity index (χ1v) is 8.92. The monoisotopic (exact) mass is 370 g/mol. The number of thiophene rings is 1. The minimum absolute atomic E-state index is 0.106. The molecule has 1 N–H and O–H groups in total. The van der Waals surface area contributed by atoms with Gasteiger partial charge in [0.2, 0.25) is 0 Å². The fourth-order valence-electron chi connectivity index (χ4n) is 2.80. The van der Waals surface area contributed by atoms with E-state index < -0.39 is 4.92 Å². The molecule has 1 aromatic carbocycles. The van der Waals surface area contributed by atoms with Gasteiger partial charge in [-0.3, -0.25) is 19.6 Å². The summed E-state index contributed by atoms with van der Waals surface area (Å²) in [7, 11) is 0. The first-order chi connectivity index (χ1) is 12.5. The van der Waals surface area contributed by atoms with Gasteiger partial charge in [0.25, 0.3) is 11.6 Å². The largest absolute Gasteiger partial charge is 0.350 e. The maximum absolute atomic E-state index is 12.5. The van der Waals surface area contributed by atoms with Crippen LogP contribution in [-0.2, 0) is 0 Å². The van der Waals surface area contributed by atoms with Gasteiger partial charge in [-0.2, -0.15) is 5.10 Å². The number of nitrogens with zero attached hydrogens (tertiary/aromatic N) is 3. The number of amides is 1.